The number of rotatable bonds is 4. The smallest absolute Gasteiger partial charge is 0.280 e. The van der Waals surface area contributed by atoms with Gasteiger partial charge in [-0.15, -0.1) is 0 Å². The van der Waals surface area contributed by atoms with Crippen molar-refractivity contribution in [2.24, 2.45) is 0 Å². The van der Waals surface area contributed by atoms with Gasteiger partial charge < -0.3 is 0 Å². The van der Waals surface area contributed by atoms with Crippen molar-refractivity contribution >= 4 is 15.4 Å². The molecule has 0 aliphatic rings. The molecule has 27 heavy (non-hydrogen) atoms. The van der Waals surface area contributed by atoms with Gasteiger partial charge in [0.2, 0.25) is 0 Å². The molecule has 0 spiro atoms. The Kier molecular flexibility index (Phi) is 4.72. The van der Waals surface area contributed by atoms with Crippen molar-refractivity contribution in [2.75, 3.05) is 0 Å². The lowest BCUT2D eigenvalue weighted by Gasteiger charge is -2.11. The van der Waals surface area contributed by atoms with Gasteiger partial charge in [0.25, 0.3) is 5.56 Å². The monoisotopic (exact) mass is 381 g/mol. The number of aromatic amines is 1. The first-order chi connectivity index (χ1) is 12.8. The number of nitrogens with zero attached hydrogens (tertiary/aromatic N) is 3. The Morgan fingerprint density at radius 2 is 1.89 bits per heavy atom. The van der Waals surface area contributed by atoms with Crippen LogP contribution in [0.2, 0.25) is 0 Å². The van der Waals surface area contributed by atoms with Crippen LogP contribution in [0.3, 0.4) is 0 Å². The largest absolute Gasteiger partial charge is 0.293 e. The summed E-state index contributed by atoms with van der Waals surface area (Å²) in [5.41, 5.74) is 2.13. The van der Waals surface area contributed by atoms with Crippen LogP contribution in [-0.2, 0) is 9.73 Å². The number of pyridine rings is 1. The molecule has 0 unspecified atom stereocenters. The Morgan fingerprint density at radius 3 is 2.41 bits per heavy atom. The molecule has 0 bridgehead atoms. The van der Waals surface area contributed by atoms with Gasteiger partial charge in [0, 0.05) is 17.1 Å². The van der Waals surface area contributed by atoms with E-state index in [-0.39, 0.29) is 10.8 Å². The molecular formula is C19H19N5O2S. The Bertz CT molecular complexity index is 1180. The molecule has 1 aromatic carbocycles. The second-order valence-corrected chi connectivity index (χ2v) is 9.03. The molecule has 2 aromatic heterocycles. The van der Waals surface area contributed by atoms with E-state index >= 15 is 0 Å². The van der Waals surface area contributed by atoms with Gasteiger partial charge in [0.15, 0.2) is 11.5 Å². The second kappa shape index (κ2) is 6.85. The van der Waals surface area contributed by atoms with E-state index in [1.165, 1.54) is 10.9 Å². The van der Waals surface area contributed by atoms with Crippen LogP contribution in [0.15, 0.2) is 52.3 Å². The minimum atomic E-state index is -2.92. The van der Waals surface area contributed by atoms with Crippen LogP contribution in [0.4, 0.5) is 5.69 Å². The highest BCUT2D eigenvalue weighted by atomic mass is 32.2. The van der Waals surface area contributed by atoms with Crippen LogP contribution < -0.4 is 5.56 Å². The summed E-state index contributed by atoms with van der Waals surface area (Å²) in [7, 11) is -2.92. The third kappa shape index (κ3) is 3.29. The lowest BCUT2D eigenvalue weighted by atomic mass is 10.1. The van der Waals surface area contributed by atoms with Gasteiger partial charge in [-0.25, -0.2) is 23.5 Å². The lowest BCUT2D eigenvalue weighted by Crippen LogP contribution is -2.18. The summed E-state index contributed by atoms with van der Waals surface area (Å²) in [6.07, 6.45) is 1.39. The SMILES string of the molecule is [C-]#[N+]c1ccc(-c2c(C)[nH]n(-c3ccc([S@](=N)(=O)C(C)C)cn3)c2=O)cc1. The highest BCUT2D eigenvalue weighted by Gasteiger charge is 2.18. The molecule has 138 valence electrons. The molecule has 2 heterocycles. The van der Waals surface area contributed by atoms with Gasteiger partial charge in [-0.3, -0.25) is 9.89 Å². The maximum absolute atomic E-state index is 12.9. The normalized spacial score (nSPS) is 13.3. The summed E-state index contributed by atoms with van der Waals surface area (Å²) >= 11 is 0. The maximum Gasteiger partial charge on any atom is 0.280 e. The summed E-state index contributed by atoms with van der Waals surface area (Å²) in [5, 5.41) is 2.67. The first kappa shape index (κ1) is 18.6. The highest BCUT2D eigenvalue weighted by molar-refractivity contribution is 7.93. The predicted molar refractivity (Wildman–Crippen MR) is 105 cm³/mol. The summed E-state index contributed by atoms with van der Waals surface area (Å²) in [4.78, 5) is 20.8. The Labute approximate surface area is 157 Å². The zero-order valence-corrected chi connectivity index (χ0v) is 16.0. The van der Waals surface area contributed by atoms with Crippen LogP contribution in [0.25, 0.3) is 21.8 Å². The fraction of sp³-hybridized carbons (Fsp3) is 0.211. The highest BCUT2D eigenvalue weighted by Crippen LogP contribution is 2.23. The zero-order valence-electron chi connectivity index (χ0n) is 15.2. The summed E-state index contributed by atoms with van der Waals surface area (Å²) < 4.78 is 21.8. The van der Waals surface area contributed by atoms with Crippen LogP contribution >= 0.6 is 0 Å². The molecule has 7 nitrogen and oxygen atoms in total. The lowest BCUT2D eigenvalue weighted by molar-refractivity contribution is 0.666. The van der Waals surface area contributed by atoms with Crippen molar-refractivity contribution in [3.8, 4) is 16.9 Å². The van der Waals surface area contributed by atoms with Crippen LogP contribution in [0.1, 0.15) is 19.5 Å². The molecule has 1 atom stereocenters. The number of H-pyrrole nitrogens is 1. The molecule has 8 heteroatoms. The van der Waals surface area contributed by atoms with E-state index in [0.29, 0.717) is 33.2 Å². The van der Waals surface area contributed by atoms with Crippen molar-refractivity contribution in [3.05, 3.63) is 70.1 Å². The molecule has 0 radical (unpaired) electrons. The summed E-state index contributed by atoms with van der Waals surface area (Å²) in [6.45, 7) is 12.3. The fourth-order valence-electron chi connectivity index (χ4n) is 2.71. The van der Waals surface area contributed by atoms with E-state index in [2.05, 4.69) is 14.9 Å². The van der Waals surface area contributed by atoms with Gasteiger partial charge in [-0.1, -0.05) is 24.3 Å². The van der Waals surface area contributed by atoms with E-state index in [4.69, 9.17) is 11.4 Å². The van der Waals surface area contributed by atoms with Gasteiger partial charge in [0.1, 0.15) is 0 Å². The van der Waals surface area contributed by atoms with E-state index < -0.39 is 9.73 Å². The third-order valence-corrected chi connectivity index (χ3v) is 6.59. The van der Waals surface area contributed by atoms with Crippen molar-refractivity contribution in [3.63, 3.8) is 0 Å². The third-order valence-electron chi connectivity index (χ3n) is 4.32. The molecule has 3 rings (SSSR count). The molecule has 0 aliphatic carbocycles. The van der Waals surface area contributed by atoms with Gasteiger partial charge in [0.05, 0.1) is 26.8 Å². The van der Waals surface area contributed by atoms with Gasteiger partial charge in [-0.05, 0) is 38.5 Å². The molecule has 0 saturated heterocycles. The Hall–Kier alpha value is -3.18. The van der Waals surface area contributed by atoms with E-state index in [1.54, 1.807) is 57.2 Å². The number of hydrogen-bond acceptors (Lipinski definition) is 4. The standard InChI is InChI=1S/C19H19N5O2S/c1-12(2)27(20,26)16-9-10-17(22-11-16)24-19(25)18(13(3)23-24)14-5-7-15(21-4)8-6-14/h5-12,20,23H,1-3H3/t27-/m1/s1. The number of hydrogen-bond donors (Lipinski definition) is 2. The topological polar surface area (TPSA) is 96.0 Å². The van der Waals surface area contributed by atoms with Crippen LogP contribution in [-0.4, -0.2) is 24.2 Å². The van der Waals surface area contributed by atoms with Crippen molar-refractivity contribution in [1.82, 2.24) is 14.8 Å². The van der Waals surface area contributed by atoms with Crippen LogP contribution in [0, 0.1) is 18.3 Å². The minimum absolute atomic E-state index is 0.265. The minimum Gasteiger partial charge on any atom is -0.293 e. The average Bonchev–Trinajstić information content (AvgIpc) is 2.96. The quantitative estimate of drug-likeness (QED) is 0.671. The van der Waals surface area contributed by atoms with Crippen molar-refractivity contribution in [2.45, 2.75) is 30.9 Å². The molecule has 0 fully saturated rings. The van der Waals surface area contributed by atoms with Gasteiger partial charge >= 0.3 is 0 Å². The van der Waals surface area contributed by atoms with E-state index in [1.807, 2.05) is 0 Å². The van der Waals surface area contributed by atoms with E-state index in [9.17, 15) is 9.00 Å². The number of benzene rings is 1. The molecule has 3 aromatic rings. The Balaban J connectivity index is 2.04. The zero-order chi connectivity index (χ0) is 19.8. The Morgan fingerprint density at radius 1 is 1.22 bits per heavy atom. The summed E-state index contributed by atoms with van der Waals surface area (Å²) in [6, 6.07) is 9.97. The van der Waals surface area contributed by atoms with Crippen molar-refractivity contribution < 1.29 is 4.21 Å². The number of nitrogens with one attached hydrogen (secondary N) is 2. The molecular weight excluding hydrogens is 362 g/mol. The number of aryl methyl sites for hydroxylation is 1. The fourth-order valence-corrected chi connectivity index (χ4v) is 3.73. The first-order valence-electron chi connectivity index (χ1n) is 8.29. The van der Waals surface area contributed by atoms with Crippen LogP contribution in [0.5, 0.6) is 0 Å². The predicted octanol–water partition coefficient (Wildman–Crippen LogP) is 3.90. The molecule has 0 saturated carbocycles. The van der Waals surface area contributed by atoms with Crippen molar-refractivity contribution in [1.29, 1.82) is 4.78 Å². The molecule has 0 amide bonds. The number of aromatic nitrogens is 3. The first-order valence-corrected chi connectivity index (χ1v) is 9.91. The summed E-state index contributed by atoms with van der Waals surface area (Å²) in [5.74, 6) is 0.356. The maximum atomic E-state index is 12.9. The average molecular weight is 381 g/mol. The van der Waals surface area contributed by atoms with E-state index in [0.717, 1.165) is 0 Å². The van der Waals surface area contributed by atoms with Gasteiger partial charge in [-0.2, -0.15) is 0 Å². The second-order valence-electron chi connectivity index (χ2n) is 6.41. The molecule has 2 N–H and O–H groups in total. The molecule has 0 aliphatic heterocycles.